The van der Waals surface area contributed by atoms with Crippen LogP contribution in [0.4, 0.5) is 5.82 Å². The predicted molar refractivity (Wildman–Crippen MR) is 136 cm³/mol. The van der Waals surface area contributed by atoms with Crippen molar-refractivity contribution in [3.05, 3.63) is 70.8 Å². The third-order valence-electron chi connectivity index (χ3n) is 6.24. The second-order valence-electron chi connectivity index (χ2n) is 8.73. The summed E-state index contributed by atoms with van der Waals surface area (Å²) in [5.41, 5.74) is 10.3. The topological polar surface area (TPSA) is 132 Å². The molecule has 10 nitrogen and oxygen atoms in total. The van der Waals surface area contributed by atoms with Crippen LogP contribution in [0.5, 0.6) is 0 Å². The highest BCUT2D eigenvalue weighted by atomic mass is 16.5. The van der Waals surface area contributed by atoms with Gasteiger partial charge in [-0.05, 0) is 25.1 Å². The van der Waals surface area contributed by atoms with Crippen molar-refractivity contribution in [3.8, 4) is 34.0 Å². The number of likely N-dealkylation sites (tertiary alicyclic amines) is 1. The molecule has 0 unspecified atom stereocenters. The van der Waals surface area contributed by atoms with E-state index in [1.165, 1.54) is 11.6 Å². The molecule has 4 aromatic rings. The van der Waals surface area contributed by atoms with Crippen LogP contribution < -0.4 is 16.6 Å². The van der Waals surface area contributed by atoms with Crippen molar-refractivity contribution >= 4 is 11.7 Å². The quantitative estimate of drug-likeness (QED) is 0.389. The van der Waals surface area contributed by atoms with E-state index in [-0.39, 0.29) is 17.3 Å². The van der Waals surface area contributed by atoms with Crippen LogP contribution in [0, 0.1) is 0 Å². The van der Waals surface area contributed by atoms with Crippen molar-refractivity contribution in [3.63, 3.8) is 0 Å². The summed E-state index contributed by atoms with van der Waals surface area (Å²) in [6.45, 7) is 2.43. The number of hydrogen-bond acceptors (Lipinski definition) is 8. The molecular formula is C26H27N7O3. The van der Waals surface area contributed by atoms with E-state index in [1.54, 1.807) is 34.0 Å². The lowest BCUT2D eigenvalue weighted by molar-refractivity contribution is -0.127. The van der Waals surface area contributed by atoms with Gasteiger partial charge in [0.2, 0.25) is 5.91 Å². The highest BCUT2D eigenvalue weighted by Gasteiger charge is 2.20. The molecule has 5 rings (SSSR count). The molecule has 1 aromatic carbocycles. The summed E-state index contributed by atoms with van der Waals surface area (Å²) in [5.74, 6) is 0.747. The van der Waals surface area contributed by atoms with Crippen LogP contribution in [-0.2, 0) is 17.9 Å². The van der Waals surface area contributed by atoms with E-state index in [9.17, 15) is 9.59 Å². The monoisotopic (exact) mass is 485 g/mol. The number of nitrogens with one attached hydrogen (secondary N) is 1. The first-order chi connectivity index (χ1) is 17.5. The molecular weight excluding hydrogens is 458 g/mol. The van der Waals surface area contributed by atoms with Gasteiger partial charge >= 0.3 is 0 Å². The fourth-order valence-corrected chi connectivity index (χ4v) is 4.27. The van der Waals surface area contributed by atoms with Gasteiger partial charge in [0.05, 0.1) is 11.9 Å². The number of benzene rings is 1. The van der Waals surface area contributed by atoms with Crippen molar-refractivity contribution in [1.82, 2.24) is 29.9 Å². The standard InChI is InChI=1S/C26H27N7O3/c1-28-14-17-4-6-18(7-5-17)20-13-22(36-31-20)25-26(27)29-15-21(30-25)19-8-9-24(35)33(16-19)12-11-32-10-2-3-23(32)34/h4-9,13,15-16,28H,2-3,10-12,14H2,1H3,(H2,27,29). The van der Waals surface area contributed by atoms with E-state index in [2.05, 4.69) is 20.4 Å². The summed E-state index contributed by atoms with van der Waals surface area (Å²) in [5, 5.41) is 7.31. The Bertz CT molecular complexity index is 1440. The van der Waals surface area contributed by atoms with E-state index in [0.29, 0.717) is 47.9 Å². The van der Waals surface area contributed by atoms with Gasteiger partial charge in [0.25, 0.3) is 5.56 Å². The number of anilines is 1. The smallest absolute Gasteiger partial charge is 0.250 e. The van der Waals surface area contributed by atoms with E-state index in [1.807, 2.05) is 31.3 Å². The van der Waals surface area contributed by atoms with Gasteiger partial charge in [-0.15, -0.1) is 0 Å². The minimum absolute atomic E-state index is 0.133. The number of nitrogen functional groups attached to an aromatic ring is 1. The molecule has 3 N–H and O–H groups in total. The Morgan fingerprint density at radius 3 is 2.61 bits per heavy atom. The number of amides is 1. The highest BCUT2D eigenvalue weighted by molar-refractivity contribution is 5.78. The average molecular weight is 486 g/mol. The Kier molecular flexibility index (Phi) is 6.59. The maximum atomic E-state index is 12.4. The van der Waals surface area contributed by atoms with Crippen LogP contribution in [-0.4, -0.2) is 50.6 Å². The van der Waals surface area contributed by atoms with Crippen LogP contribution >= 0.6 is 0 Å². The summed E-state index contributed by atoms with van der Waals surface area (Å²) in [4.78, 5) is 35.1. The fourth-order valence-electron chi connectivity index (χ4n) is 4.27. The van der Waals surface area contributed by atoms with Gasteiger partial charge in [-0.1, -0.05) is 29.4 Å². The van der Waals surface area contributed by atoms with Gasteiger partial charge < -0.3 is 25.0 Å². The Morgan fingerprint density at radius 2 is 1.86 bits per heavy atom. The Morgan fingerprint density at radius 1 is 1.06 bits per heavy atom. The number of aromatic nitrogens is 4. The number of carbonyl (C=O) groups excluding carboxylic acids is 1. The largest absolute Gasteiger partial charge is 0.382 e. The lowest BCUT2D eigenvalue weighted by atomic mass is 10.1. The summed E-state index contributed by atoms with van der Waals surface area (Å²) >= 11 is 0. The first kappa shape index (κ1) is 23.4. The van der Waals surface area contributed by atoms with Crippen LogP contribution in [0.1, 0.15) is 18.4 Å². The number of pyridine rings is 1. The predicted octanol–water partition coefficient (Wildman–Crippen LogP) is 2.55. The van der Waals surface area contributed by atoms with E-state index < -0.39 is 0 Å². The molecule has 10 heteroatoms. The van der Waals surface area contributed by atoms with Crippen LogP contribution in [0.25, 0.3) is 34.0 Å². The first-order valence-corrected chi connectivity index (χ1v) is 11.8. The molecule has 0 saturated carbocycles. The molecule has 0 atom stereocenters. The third kappa shape index (κ3) is 4.89. The summed E-state index contributed by atoms with van der Waals surface area (Å²) in [7, 11) is 1.91. The van der Waals surface area contributed by atoms with Crippen molar-refractivity contribution in [2.45, 2.75) is 25.9 Å². The zero-order chi connectivity index (χ0) is 25.1. The second-order valence-corrected chi connectivity index (χ2v) is 8.73. The SMILES string of the molecule is CNCc1ccc(-c2cc(-c3nc(-c4ccc(=O)n(CCN5CCCC5=O)c4)cnc3N)on2)cc1. The summed E-state index contributed by atoms with van der Waals surface area (Å²) < 4.78 is 7.15. The zero-order valence-electron chi connectivity index (χ0n) is 20.0. The van der Waals surface area contributed by atoms with E-state index >= 15 is 0 Å². The molecule has 1 fully saturated rings. The first-order valence-electron chi connectivity index (χ1n) is 11.8. The van der Waals surface area contributed by atoms with Crippen molar-refractivity contribution < 1.29 is 9.32 Å². The number of hydrogen-bond donors (Lipinski definition) is 2. The zero-order valence-corrected chi connectivity index (χ0v) is 20.0. The van der Waals surface area contributed by atoms with Crippen molar-refractivity contribution in [2.24, 2.45) is 0 Å². The molecule has 1 amide bonds. The van der Waals surface area contributed by atoms with Gasteiger partial charge in [0.15, 0.2) is 17.3 Å². The number of carbonyl (C=O) groups is 1. The highest BCUT2D eigenvalue weighted by Crippen LogP contribution is 2.29. The van der Waals surface area contributed by atoms with Gasteiger partial charge in [0.1, 0.15) is 5.69 Å². The van der Waals surface area contributed by atoms with Gasteiger partial charge in [-0.25, -0.2) is 9.97 Å². The number of nitrogens with two attached hydrogens (primary N) is 1. The van der Waals surface area contributed by atoms with Crippen LogP contribution in [0.15, 0.2) is 64.2 Å². The van der Waals surface area contributed by atoms with Crippen LogP contribution in [0.2, 0.25) is 0 Å². The molecule has 0 radical (unpaired) electrons. The van der Waals surface area contributed by atoms with Crippen LogP contribution in [0.3, 0.4) is 0 Å². The summed E-state index contributed by atoms with van der Waals surface area (Å²) in [6, 6.07) is 13.0. The maximum absolute atomic E-state index is 12.4. The molecule has 0 spiro atoms. The van der Waals surface area contributed by atoms with Gasteiger partial charge in [-0.2, -0.15) is 0 Å². The minimum Gasteiger partial charge on any atom is -0.382 e. The molecule has 4 heterocycles. The minimum atomic E-state index is -0.144. The molecule has 0 aliphatic carbocycles. The van der Waals surface area contributed by atoms with Gasteiger partial charge in [0, 0.05) is 62.1 Å². The second kappa shape index (κ2) is 10.1. The van der Waals surface area contributed by atoms with E-state index in [4.69, 9.17) is 10.3 Å². The maximum Gasteiger partial charge on any atom is 0.250 e. The fraction of sp³-hybridized carbons (Fsp3) is 0.269. The molecule has 3 aromatic heterocycles. The molecule has 36 heavy (non-hydrogen) atoms. The average Bonchev–Trinajstić information content (AvgIpc) is 3.54. The molecule has 184 valence electrons. The Balaban J connectivity index is 1.39. The molecule has 1 aliphatic rings. The molecule has 1 aliphatic heterocycles. The van der Waals surface area contributed by atoms with Crippen molar-refractivity contribution in [2.75, 3.05) is 25.9 Å². The number of nitrogens with zero attached hydrogens (tertiary/aromatic N) is 5. The van der Waals surface area contributed by atoms with E-state index in [0.717, 1.165) is 25.1 Å². The van der Waals surface area contributed by atoms with Crippen molar-refractivity contribution in [1.29, 1.82) is 0 Å². The normalized spacial score (nSPS) is 13.5. The molecule has 0 bridgehead atoms. The lowest BCUT2D eigenvalue weighted by Gasteiger charge is -2.16. The van der Waals surface area contributed by atoms with Gasteiger partial charge in [-0.3, -0.25) is 9.59 Å². The molecule has 1 saturated heterocycles. The Labute approximate surface area is 207 Å². The Hall–Kier alpha value is -4.31. The lowest BCUT2D eigenvalue weighted by Crippen LogP contribution is -2.31. The number of rotatable bonds is 8. The third-order valence-corrected chi connectivity index (χ3v) is 6.24. The summed E-state index contributed by atoms with van der Waals surface area (Å²) in [6.07, 6.45) is 4.72.